The second kappa shape index (κ2) is 8.15. The molecule has 0 aromatic carbocycles. The van der Waals surface area contributed by atoms with Crippen LogP contribution in [0, 0.1) is 0 Å². The van der Waals surface area contributed by atoms with Crippen molar-refractivity contribution in [2.45, 2.75) is 51.6 Å². The molecule has 1 unspecified atom stereocenters. The van der Waals surface area contributed by atoms with Crippen LogP contribution < -0.4 is 15.5 Å². The lowest BCUT2D eigenvalue weighted by Crippen LogP contribution is -2.52. The highest BCUT2D eigenvalue weighted by atomic mass is 16.3. The van der Waals surface area contributed by atoms with Gasteiger partial charge in [0.05, 0.1) is 12.1 Å². The Morgan fingerprint density at radius 1 is 1.39 bits per heavy atom. The lowest BCUT2D eigenvalue weighted by molar-refractivity contribution is 0.163. The van der Waals surface area contributed by atoms with E-state index in [9.17, 15) is 9.90 Å². The highest BCUT2D eigenvalue weighted by Crippen LogP contribution is 2.17. The summed E-state index contributed by atoms with van der Waals surface area (Å²) in [7, 11) is 0. The van der Waals surface area contributed by atoms with Gasteiger partial charge in [0.2, 0.25) is 0 Å². The molecule has 6 heteroatoms. The van der Waals surface area contributed by atoms with E-state index in [0.29, 0.717) is 6.54 Å². The third-order valence-electron chi connectivity index (χ3n) is 4.26. The minimum atomic E-state index is -0.573. The van der Waals surface area contributed by atoms with E-state index in [1.54, 1.807) is 0 Å². The lowest BCUT2D eigenvalue weighted by Gasteiger charge is -2.28. The van der Waals surface area contributed by atoms with Gasteiger partial charge in [0.15, 0.2) is 0 Å². The number of anilines is 1. The second-order valence-corrected chi connectivity index (χ2v) is 6.50. The normalized spacial score (nSPS) is 16.9. The Balaban J connectivity index is 1.81. The van der Waals surface area contributed by atoms with E-state index in [1.807, 2.05) is 32.2 Å². The van der Waals surface area contributed by atoms with Crippen LogP contribution in [0.3, 0.4) is 0 Å². The van der Waals surface area contributed by atoms with Gasteiger partial charge in [-0.3, -0.25) is 0 Å². The van der Waals surface area contributed by atoms with Gasteiger partial charge in [0, 0.05) is 25.8 Å². The van der Waals surface area contributed by atoms with Crippen molar-refractivity contribution >= 4 is 11.8 Å². The van der Waals surface area contributed by atoms with Gasteiger partial charge in [-0.1, -0.05) is 19.4 Å². The first kappa shape index (κ1) is 17.5. The molecule has 2 rings (SSSR count). The summed E-state index contributed by atoms with van der Waals surface area (Å²) in [6.45, 7) is 6.38. The van der Waals surface area contributed by atoms with E-state index in [0.717, 1.165) is 37.3 Å². The van der Waals surface area contributed by atoms with Crippen molar-refractivity contribution in [2.75, 3.05) is 24.6 Å². The first-order valence-corrected chi connectivity index (χ1v) is 8.43. The molecule has 0 saturated carbocycles. The van der Waals surface area contributed by atoms with Crippen LogP contribution in [0.4, 0.5) is 10.6 Å². The maximum absolute atomic E-state index is 12.0. The van der Waals surface area contributed by atoms with Crippen LogP contribution in [0.15, 0.2) is 18.3 Å². The molecule has 0 radical (unpaired) electrons. The van der Waals surface area contributed by atoms with Crippen molar-refractivity contribution in [3.05, 3.63) is 23.9 Å². The predicted octanol–water partition coefficient (Wildman–Crippen LogP) is 2.03. The molecule has 23 heavy (non-hydrogen) atoms. The highest BCUT2D eigenvalue weighted by Gasteiger charge is 2.24. The van der Waals surface area contributed by atoms with Crippen molar-refractivity contribution in [3.8, 4) is 0 Å². The number of hydrogen-bond acceptors (Lipinski definition) is 4. The number of urea groups is 1. The predicted molar refractivity (Wildman–Crippen MR) is 91.5 cm³/mol. The van der Waals surface area contributed by atoms with E-state index >= 15 is 0 Å². The highest BCUT2D eigenvalue weighted by molar-refractivity contribution is 5.74. The van der Waals surface area contributed by atoms with Crippen LogP contribution in [-0.2, 0) is 6.54 Å². The summed E-state index contributed by atoms with van der Waals surface area (Å²) in [6, 6.07) is 3.74. The Labute approximate surface area is 138 Å². The van der Waals surface area contributed by atoms with E-state index in [1.165, 1.54) is 12.8 Å². The summed E-state index contributed by atoms with van der Waals surface area (Å²) in [5.41, 5.74) is 0.390. The molecule has 0 bridgehead atoms. The Morgan fingerprint density at radius 3 is 2.70 bits per heavy atom. The molecule has 1 aromatic heterocycles. The summed E-state index contributed by atoms with van der Waals surface area (Å²) in [4.78, 5) is 18.7. The number of carbonyl (C=O) groups is 1. The summed E-state index contributed by atoms with van der Waals surface area (Å²) < 4.78 is 0. The fourth-order valence-electron chi connectivity index (χ4n) is 2.89. The zero-order valence-corrected chi connectivity index (χ0v) is 14.1. The number of hydrogen-bond donors (Lipinski definition) is 3. The lowest BCUT2D eigenvalue weighted by atomic mass is 9.98. The first-order chi connectivity index (χ1) is 11.1. The van der Waals surface area contributed by atoms with Crippen LogP contribution in [-0.4, -0.2) is 41.4 Å². The van der Waals surface area contributed by atoms with Gasteiger partial charge < -0.3 is 20.6 Å². The molecule has 1 aliphatic rings. The van der Waals surface area contributed by atoms with Crippen LogP contribution in [0.5, 0.6) is 0 Å². The quantitative estimate of drug-likeness (QED) is 0.718. The van der Waals surface area contributed by atoms with Crippen LogP contribution in [0.25, 0.3) is 0 Å². The van der Waals surface area contributed by atoms with E-state index in [4.69, 9.17) is 0 Å². The van der Waals surface area contributed by atoms with Crippen molar-refractivity contribution < 1.29 is 9.90 Å². The number of nitrogens with zero attached hydrogens (tertiary/aromatic N) is 2. The summed E-state index contributed by atoms with van der Waals surface area (Å²) in [5, 5.41) is 15.1. The number of pyridine rings is 1. The SMILES string of the molecule is CCCC(C)(CO)NC(=O)NCc1ccc(N2CCCC2)nc1. The van der Waals surface area contributed by atoms with Gasteiger partial charge >= 0.3 is 6.03 Å². The largest absolute Gasteiger partial charge is 0.394 e. The number of carbonyl (C=O) groups excluding carboxylic acids is 1. The zero-order chi connectivity index (χ0) is 16.7. The van der Waals surface area contributed by atoms with E-state index in [-0.39, 0.29) is 12.6 Å². The van der Waals surface area contributed by atoms with Crippen LogP contribution in [0.2, 0.25) is 0 Å². The molecular formula is C17H28N4O2. The van der Waals surface area contributed by atoms with Crippen molar-refractivity contribution in [1.29, 1.82) is 0 Å². The second-order valence-electron chi connectivity index (χ2n) is 6.50. The van der Waals surface area contributed by atoms with Gasteiger partial charge in [-0.15, -0.1) is 0 Å². The van der Waals surface area contributed by atoms with Crippen molar-refractivity contribution in [1.82, 2.24) is 15.6 Å². The number of nitrogens with one attached hydrogen (secondary N) is 2. The molecule has 1 aromatic rings. The fraction of sp³-hybridized carbons (Fsp3) is 0.647. The number of amides is 2. The molecule has 1 fully saturated rings. The molecule has 1 atom stereocenters. The molecule has 1 aliphatic heterocycles. The molecule has 0 spiro atoms. The number of aromatic nitrogens is 1. The van der Waals surface area contributed by atoms with E-state index in [2.05, 4.69) is 20.5 Å². The minimum Gasteiger partial charge on any atom is -0.394 e. The Morgan fingerprint density at radius 2 is 2.13 bits per heavy atom. The molecule has 0 aliphatic carbocycles. The number of aliphatic hydroxyl groups excluding tert-OH is 1. The zero-order valence-electron chi connectivity index (χ0n) is 14.1. The average Bonchev–Trinajstić information content (AvgIpc) is 3.08. The maximum Gasteiger partial charge on any atom is 0.315 e. The monoisotopic (exact) mass is 320 g/mol. The Kier molecular flexibility index (Phi) is 6.21. The van der Waals surface area contributed by atoms with Gasteiger partial charge in [0.1, 0.15) is 5.82 Å². The topological polar surface area (TPSA) is 77.5 Å². The number of rotatable bonds is 7. The van der Waals surface area contributed by atoms with Gasteiger partial charge in [-0.2, -0.15) is 0 Å². The van der Waals surface area contributed by atoms with Crippen molar-refractivity contribution in [2.24, 2.45) is 0 Å². The van der Waals surface area contributed by atoms with Crippen molar-refractivity contribution in [3.63, 3.8) is 0 Å². The molecule has 6 nitrogen and oxygen atoms in total. The Bertz CT molecular complexity index is 500. The van der Waals surface area contributed by atoms with Crippen LogP contribution >= 0.6 is 0 Å². The summed E-state index contributed by atoms with van der Waals surface area (Å²) in [6.07, 6.45) is 5.91. The maximum atomic E-state index is 12.0. The molecule has 3 N–H and O–H groups in total. The number of aliphatic hydroxyl groups is 1. The summed E-state index contributed by atoms with van der Waals surface area (Å²) >= 11 is 0. The molecule has 2 amide bonds. The molecule has 1 saturated heterocycles. The molecule has 128 valence electrons. The molecule has 2 heterocycles. The van der Waals surface area contributed by atoms with Crippen LogP contribution in [0.1, 0.15) is 45.1 Å². The van der Waals surface area contributed by atoms with Gasteiger partial charge in [0.25, 0.3) is 0 Å². The van der Waals surface area contributed by atoms with Gasteiger partial charge in [-0.25, -0.2) is 9.78 Å². The first-order valence-electron chi connectivity index (χ1n) is 8.43. The smallest absolute Gasteiger partial charge is 0.315 e. The minimum absolute atomic E-state index is 0.0691. The fourth-order valence-corrected chi connectivity index (χ4v) is 2.89. The summed E-state index contributed by atoms with van der Waals surface area (Å²) in [5.74, 6) is 1.01. The van der Waals surface area contributed by atoms with Gasteiger partial charge in [-0.05, 0) is 37.8 Å². The van der Waals surface area contributed by atoms with E-state index < -0.39 is 5.54 Å². The molecular weight excluding hydrogens is 292 g/mol. The standard InChI is InChI=1S/C17H28N4O2/c1-3-8-17(2,13-22)20-16(23)19-12-14-6-7-15(18-11-14)21-9-4-5-10-21/h6-7,11,22H,3-5,8-10,12-13H2,1-2H3,(H2,19,20,23). The Hall–Kier alpha value is -1.82. The average molecular weight is 320 g/mol. The third-order valence-corrected chi connectivity index (χ3v) is 4.26. The third kappa shape index (κ3) is 5.10.